The van der Waals surface area contributed by atoms with Crippen molar-refractivity contribution in [1.82, 2.24) is 10.6 Å². The first-order valence-corrected chi connectivity index (χ1v) is 9.75. The predicted molar refractivity (Wildman–Crippen MR) is 125 cm³/mol. The van der Waals surface area contributed by atoms with E-state index in [1.807, 2.05) is 31.2 Å². The van der Waals surface area contributed by atoms with Gasteiger partial charge in [-0.15, -0.1) is 24.8 Å². The van der Waals surface area contributed by atoms with Crippen LogP contribution < -0.4 is 20.1 Å². The highest BCUT2D eigenvalue weighted by molar-refractivity contribution is 6.35. The fourth-order valence-corrected chi connectivity index (χ4v) is 2.99. The third-order valence-corrected chi connectivity index (χ3v) is 4.42. The molecule has 0 saturated carbocycles. The topological polar surface area (TPSA) is 62.8 Å². The molecule has 29 heavy (non-hydrogen) atoms. The molecule has 0 radical (unpaired) electrons. The highest BCUT2D eigenvalue weighted by Crippen LogP contribution is 2.33. The van der Waals surface area contributed by atoms with Crippen LogP contribution in [0.2, 0.25) is 10.0 Å². The summed E-state index contributed by atoms with van der Waals surface area (Å²) in [5, 5.41) is 16.4. The van der Waals surface area contributed by atoms with Crippen molar-refractivity contribution in [2.24, 2.45) is 0 Å². The lowest BCUT2D eigenvalue weighted by molar-refractivity contribution is 0.266. The van der Waals surface area contributed by atoms with Crippen molar-refractivity contribution in [3.8, 4) is 11.5 Å². The minimum absolute atomic E-state index is 0. The second kappa shape index (κ2) is 15.9. The van der Waals surface area contributed by atoms with Crippen molar-refractivity contribution in [1.29, 1.82) is 0 Å². The zero-order chi connectivity index (χ0) is 19.5. The van der Waals surface area contributed by atoms with Crippen LogP contribution >= 0.6 is 48.0 Å². The standard InChI is InChI=1S/C20H26Cl2N2O3.2ClH/c1-2-26-19-5-3-4-15(13-24-9-8-23-10-11-25)20(19)27-14-16-6-7-17(21)12-18(16)22;;/h3-7,12,23-25H,2,8-11,13-14H2,1H3;2*1H. The number of halogens is 4. The number of aliphatic hydroxyl groups excluding tert-OH is 1. The molecule has 0 heterocycles. The van der Waals surface area contributed by atoms with Gasteiger partial charge in [0.2, 0.25) is 0 Å². The van der Waals surface area contributed by atoms with E-state index in [1.165, 1.54) is 0 Å². The Morgan fingerprint density at radius 2 is 1.69 bits per heavy atom. The van der Waals surface area contributed by atoms with E-state index in [-0.39, 0.29) is 31.4 Å². The number of para-hydroxylation sites is 1. The number of hydrogen-bond acceptors (Lipinski definition) is 5. The SMILES string of the molecule is CCOc1cccc(CNCCNCCO)c1OCc1ccc(Cl)cc1Cl.Cl.Cl. The zero-order valence-corrected chi connectivity index (χ0v) is 19.4. The van der Waals surface area contributed by atoms with Gasteiger partial charge in [-0.3, -0.25) is 0 Å². The number of aliphatic hydroxyl groups is 1. The fourth-order valence-electron chi connectivity index (χ4n) is 2.53. The summed E-state index contributed by atoms with van der Waals surface area (Å²) < 4.78 is 11.8. The van der Waals surface area contributed by atoms with Gasteiger partial charge in [0.05, 0.1) is 13.2 Å². The summed E-state index contributed by atoms with van der Waals surface area (Å²) in [6.45, 7) is 5.76. The Balaban J connectivity index is 0.00000392. The molecule has 2 rings (SSSR count). The lowest BCUT2D eigenvalue weighted by Crippen LogP contribution is -2.28. The molecule has 2 aromatic rings. The number of hydrogen-bond donors (Lipinski definition) is 3. The summed E-state index contributed by atoms with van der Waals surface area (Å²) in [7, 11) is 0. The van der Waals surface area contributed by atoms with Crippen LogP contribution in [-0.4, -0.2) is 38.0 Å². The Hall–Kier alpha value is -0.920. The van der Waals surface area contributed by atoms with Crippen LogP contribution in [0.15, 0.2) is 36.4 Å². The minimum atomic E-state index is 0. The van der Waals surface area contributed by atoms with Gasteiger partial charge >= 0.3 is 0 Å². The Morgan fingerprint density at radius 1 is 0.931 bits per heavy atom. The first-order chi connectivity index (χ1) is 13.2. The van der Waals surface area contributed by atoms with E-state index in [4.69, 9.17) is 37.8 Å². The number of rotatable bonds is 12. The molecule has 0 unspecified atom stereocenters. The maximum absolute atomic E-state index is 8.78. The molecule has 5 nitrogen and oxygen atoms in total. The Morgan fingerprint density at radius 3 is 2.38 bits per heavy atom. The second-order valence-electron chi connectivity index (χ2n) is 5.85. The van der Waals surface area contributed by atoms with Gasteiger partial charge in [0.15, 0.2) is 11.5 Å². The predicted octanol–water partition coefficient (Wildman–Crippen LogP) is 4.49. The van der Waals surface area contributed by atoms with Gasteiger partial charge in [-0.2, -0.15) is 0 Å². The van der Waals surface area contributed by atoms with Crippen LogP contribution in [0, 0.1) is 0 Å². The molecule has 0 aliphatic heterocycles. The molecular weight excluding hydrogens is 458 g/mol. The van der Waals surface area contributed by atoms with Gasteiger partial charge in [0.1, 0.15) is 6.61 Å². The molecule has 9 heteroatoms. The Bertz CT molecular complexity index is 720. The number of ether oxygens (including phenoxy) is 2. The van der Waals surface area contributed by atoms with Crippen molar-refractivity contribution in [2.75, 3.05) is 32.8 Å². The lowest BCUT2D eigenvalue weighted by Gasteiger charge is -2.17. The highest BCUT2D eigenvalue weighted by Gasteiger charge is 2.12. The zero-order valence-electron chi connectivity index (χ0n) is 16.2. The van der Waals surface area contributed by atoms with E-state index in [1.54, 1.807) is 12.1 Å². The molecule has 3 N–H and O–H groups in total. The van der Waals surface area contributed by atoms with Crippen LogP contribution in [0.3, 0.4) is 0 Å². The van der Waals surface area contributed by atoms with Gasteiger partial charge in [-0.05, 0) is 25.1 Å². The minimum Gasteiger partial charge on any atom is -0.490 e. The summed E-state index contributed by atoms with van der Waals surface area (Å²) >= 11 is 12.2. The van der Waals surface area contributed by atoms with Crippen molar-refractivity contribution < 1.29 is 14.6 Å². The Kier molecular flexibility index (Phi) is 15.4. The van der Waals surface area contributed by atoms with Crippen molar-refractivity contribution in [2.45, 2.75) is 20.1 Å². The highest BCUT2D eigenvalue weighted by atomic mass is 35.5. The fraction of sp³-hybridized carbons (Fsp3) is 0.400. The monoisotopic (exact) mass is 484 g/mol. The van der Waals surface area contributed by atoms with E-state index in [0.717, 1.165) is 24.2 Å². The van der Waals surface area contributed by atoms with Gasteiger partial charge in [0, 0.05) is 47.4 Å². The smallest absolute Gasteiger partial charge is 0.166 e. The van der Waals surface area contributed by atoms with Crippen LogP contribution in [-0.2, 0) is 13.2 Å². The quantitative estimate of drug-likeness (QED) is 0.386. The van der Waals surface area contributed by atoms with Gasteiger partial charge < -0.3 is 25.2 Å². The Labute approximate surface area is 194 Å². The van der Waals surface area contributed by atoms with Crippen LogP contribution in [0.4, 0.5) is 0 Å². The van der Waals surface area contributed by atoms with Crippen molar-refractivity contribution in [3.05, 3.63) is 57.6 Å². The van der Waals surface area contributed by atoms with Crippen molar-refractivity contribution in [3.63, 3.8) is 0 Å². The van der Waals surface area contributed by atoms with Crippen molar-refractivity contribution >= 4 is 48.0 Å². The summed E-state index contributed by atoms with van der Waals surface area (Å²) in [5.41, 5.74) is 1.87. The van der Waals surface area contributed by atoms with E-state index >= 15 is 0 Å². The van der Waals surface area contributed by atoms with Crippen LogP contribution in [0.1, 0.15) is 18.1 Å². The van der Waals surface area contributed by atoms with Gasteiger partial charge in [0.25, 0.3) is 0 Å². The van der Waals surface area contributed by atoms with Gasteiger partial charge in [-0.1, -0.05) is 41.4 Å². The molecule has 0 aliphatic carbocycles. The average molecular weight is 486 g/mol. The summed E-state index contributed by atoms with van der Waals surface area (Å²) in [4.78, 5) is 0. The first kappa shape index (κ1) is 28.1. The largest absolute Gasteiger partial charge is 0.490 e. The van der Waals surface area contributed by atoms with E-state index in [0.29, 0.717) is 47.8 Å². The third kappa shape index (κ3) is 9.62. The molecule has 0 bridgehead atoms. The van der Waals surface area contributed by atoms with E-state index in [2.05, 4.69) is 10.6 Å². The van der Waals surface area contributed by atoms with Crippen LogP contribution in [0.5, 0.6) is 11.5 Å². The molecule has 0 amide bonds. The molecule has 0 spiro atoms. The second-order valence-corrected chi connectivity index (χ2v) is 6.70. The first-order valence-electron chi connectivity index (χ1n) is 8.99. The normalized spacial score (nSPS) is 10.1. The maximum atomic E-state index is 8.78. The summed E-state index contributed by atoms with van der Waals surface area (Å²) in [6, 6.07) is 11.2. The molecule has 0 atom stereocenters. The molecule has 0 saturated heterocycles. The number of nitrogens with one attached hydrogen (secondary N) is 2. The summed E-state index contributed by atoms with van der Waals surface area (Å²) in [6.07, 6.45) is 0. The molecule has 164 valence electrons. The number of benzene rings is 2. The van der Waals surface area contributed by atoms with E-state index < -0.39 is 0 Å². The van der Waals surface area contributed by atoms with Gasteiger partial charge in [-0.25, -0.2) is 0 Å². The summed E-state index contributed by atoms with van der Waals surface area (Å²) in [5.74, 6) is 1.42. The molecular formula is C20H28Cl4N2O3. The molecule has 0 aromatic heterocycles. The molecule has 0 aliphatic rings. The molecule has 0 fully saturated rings. The average Bonchev–Trinajstić information content (AvgIpc) is 2.65. The lowest BCUT2D eigenvalue weighted by atomic mass is 10.1. The van der Waals surface area contributed by atoms with E-state index in [9.17, 15) is 0 Å². The molecule has 2 aromatic carbocycles. The maximum Gasteiger partial charge on any atom is 0.166 e. The third-order valence-electron chi connectivity index (χ3n) is 3.83. The van der Waals surface area contributed by atoms with Crippen LogP contribution in [0.25, 0.3) is 0 Å².